The predicted molar refractivity (Wildman–Crippen MR) is 50.1 cm³/mol. The van der Waals surface area contributed by atoms with Gasteiger partial charge in [-0.25, -0.2) is 4.98 Å². The zero-order valence-electron chi connectivity index (χ0n) is 7.80. The van der Waals surface area contributed by atoms with Crippen LogP contribution in [-0.4, -0.2) is 16.5 Å². The van der Waals surface area contributed by atoms with Crippen LogP contribution in [0.2, 0.25) is 0 Å². The smallest absolute Gasteiger partial charge is 0.110 e. The SMILES string of the molecule is CCc1cnc(C(CC)CN)[nH]1. The van der Waals surface area contributed by atoms with E-state index in [9.17, 15) is 0 Å². The van der Waals surface area contributed by atoms with E-state index in [0.717, 1.165) is 18.7 Å². The van der Waals surface area contributed by atoms with Gasteiger partial charge in [-0.1, -0.05) is 13.8 Å². The molecule has 0 aliphatic heterocycles. The summed E-state index contributed by atoms with van der Waals surface area (Å²) in [4.78, 5) is 7.57. The Morgan fingerprint density at radius 1 is 1.58 bits per heavy atom. The van der Waals surface area contributed by atoms with Crippen molar-refractivity contribution in [1.29, 1.82) is 0 Å². The summed E-state index contributed by atoms with van der Waals surface area (Å²) < 4.78 is 0. The molecule has 0 spiro atoms. The molecule has 1 heterocycles. The molecule has 0 radical (unpaired) electrons. The molecule has 1 aromatic rings. The first-order chi connectivity index (χ1) is 5.81. The number of H-pyrrole nitrogens is 1. The topological polar surface area (TPSA) is 54.7 Å². The summed E-state index contributed by atoms with van der Waals surface area (Å²) in [6.07, 6.45) is 3.95. The molecule has 0 amide bonds. The van der Waals surface area contributed by atoms with Crippen molar-refractivity contribution in [2.45, 2.75) is 32.6 Å². The maximum atomic E-state index is 5.61. The number of nitrogens with two attached hydrogens (primary N) is 1. The van der Waals surface area contributed by atoms with Crippen molar-refractivity contribution in [3.05, 3.63) is 17.7 Å². The van der Waals surface area contributed by atoms with Gasteiger partial charge in [-0.3, -0.25) is 0 Å². The van der Waals surface area contributed by atoms with Gasteiger partial charge < -0.3 is 10.7 Å². The van der Waals surface area contributed by atoms with Gasteiger partial charge in [-0.05, 0) is 12.8 Å². The van der Waals surface area contributed by atoms with Crippen LogP contribution >= 0.6 is 0 Å². The molecule has 1 unspecified atom stereocenters. The molecule has 3 N–H and O–H groups in total. The fourth-order valence-corrected chi connectivity index (χ4v) is 1.24. The van der Waals surface area contributed by atoms with Gasteiger partial charge in [0.15, 0.2) is 0 Å². The first-order valence-corrected chi connectivity index (χ1v) is 4.55. The minimum atomic E-state index is 0.394. The van der Waals surface area contributed by atoms with E-state index < -0.39 is 0 Å². The second-order valence-corrected chi connectivity index (χ2v) is 2.99. The minimum absolute atomic E-state index is 0.394. The Labute approximate surface area is 73.4 Å². The Bertz CT molecular complexity index is 225. The lowest BCUT2D eigenvalue weighted by Crippen LogP contribution is -2.12. The molecular weight excluding hydrogens is 150 g/mol. The number of nitrogens with one attached hydrogen (secondary N) is 1. The number of aromatic amines is 1. The van der Waals surface area contributed by atoms with Crippen molar-refractivity contribution < 1.29 is 0 Å². The number of imidazole rings is 1. The summed E-state index contributed by atoms with van der Waals surface area (Å²) >= 11 is 0. The van der Waals surface area contributed by atoms with Gasteiger partial charge in [-0.15, -0.1) is 0 Å². The van der Waals surface area contributed by atoms with Crippen LogP contribution in [0.15, 0.2) is 6.20 Å². The Balaban J connectivity index is 2.72. The van der Waals surface area contributed by atoms with Gasteiger partial charge in [0.25, 0.3) is 0 Å². The highest BCUT2D eigenvalue weighted by molar-refractivity contribution is 5.05. The first-order valence-electron chi connectivity index (χ1n) is 4.55. The van der Waals surface area contributed by atoms with Crippen molar-refractivity contribution >= 4 is 0 Å². The third-order valence-electron chi connectivity index (χ3n) is 2.19. The lowest BCUT2D eigenvalue weighted by molar-refractivity contribution is 0.637. The third kappa shape index (κ3) is 1.85. The summed E-state index contributed by atoms with van der Waals surface area (Å²) in [5.41, 5.74) is 6.80. The van der Waals surface area contributed by atoms with Crippen LogP contribution in [0.25, 0.3) is 0 Å². The van der Waals surface area contributed by atoms with Gasteiger partial charge in [0, 0.05) is 24.4 Å². The van der Waals surface area contributed by atoms with Crippen molar-refractivity contribution in [3.8, 4) is 0 Å². The standard InChI is InChI=1S/C9H17N3/c1-3-7(5-10)9-11-6-8(4-2)12-9/h6-7H,3-5,10H2,1-2H3,(H,11,12). The average molecular weight is 167 g/mol. The lowest BCUT2D eigenvalue weighted by atomic mass is 10.1. The van der Waals surface area contributed by atoms with E-state index in [-0.39, 0.29) is 0 Å². The molecule has 1 aromatic heterocycles. The van der Waals surface area contributed by atoms with E-state index in [4.69, 9.17) is 5.73 Å². The van der Waals surface area contributed by atoms with Crippen molar-refractivity contribution in [1.82, 2.24) is 9.97 Å². The summed E-state index contributed by atoms with van der Waals surface area (Å²) in [6, 6.07) is 0. The molecular formula is C9H17N3. The van der Waals surface area contributed by atoms with Gasteiger partial charge in [-0.2, -0.15) is 0 Å². The summed E-state index contributed by atoms with van der Waals surface area (Å²) in [7, 11) is 0. The Morgan fingerprint density at radius 2 is 2.33 bits per heavy atom. The number of hydrogen-bond donors (Lipinski definition) is 2. The van der Waals surface area contributed by atoms with Crippen LogP contribution < -0.4 is 5.73 Å². The van der Waals surface area contributed by atoms with Crippen LogP contribution in [0.1, 0.15) is 37.7 Å². The molecule has 0 aliphatic rings. The average Bonchev–Trinajstić information content (AvgIpc) is 2.55. The number of nitrogens with zero attached hydrogens (tertiary/aromatic N) is 1. The number of aromatic nitrogens is 2. The maximum Gasteiger partial charge on any atom is 0.110 e. The number of rotatable bonds is 4. The zero-order valence-corrected chi connectivity index (χ0v) is 7.80. The molecule has 12 heavy (non-hydrogen) atoms. The molecule has 3 nitrogen and oxygen atoms in total. The van der Waals surface area contributed by atoms with Gasteiger partial charge >= 0.3 is 0 Å². The summed E-state index contributed by atoms with van der Waals surface area (Å²) in [6.45, 7) is 4.92. The van der Waals surface area contributed by atoms with Crippen molar-refractivity contribution in [3.63, 3.8) is 0 Å². The largest absolute Gasteiger partial charge is 0.346 e. The monoisotopic (exact) mass is 167 g/mol. The lowest BCUT2D eigenvalue weighted by Gasteiger charge is -2.07. The highest BCUT2D eigenvalue weighted by Gasteiger charge is 2.09. The normalized spacial score (nSPS) is 13.2. The minimum Gasteiger partial charge on any atom is -0.346 e. The highest BCUT2D eigenvalue weighted by atomic mass is 14.9. The van der Waals surface area contributed by atoms with E-state index in [2.05, 4.69) is 23.8 Å². The molecule has 0 aliphatic carbocycles. The van der Waals surface area contributed by atoms with E-state index in [1.54, 1.807) is 0 Å². The first kappa shape index (κ1) is 9.26. The van der Waals surface area contributed by atoms with Crippen LogP contribution in [0.3, 0.4) is 0 Å². The van der Waals surface area contributed by atoms with Gasteiger partial charge in [0.2, 0.25) is 0 Å². The Kier molecular flexibility index (Phi) is 3.29. The second-order valence-electron chi connectivity index (χ2n) is 2.99. The zero-order chi connectivity index (χ0) is 8.97. The molecule has 0 fully saturated rings. The van der Waals surface area contributed by atoms with Gasteiger partial charge in [0.05, 0.1) is 0 Å². The number of aryl methyl sites for hydroxylation is 1. The molecule has 0 saturated heterocycles. The predicted octanol–water partition coefficient (Wildman–Crippen LogP) is 1.42. The van der Waals surface area contributed by atoms with Crippen LogP contribution in [-0.2, 0) is 6.42 Å². The highest BCUT2D eigenvalue weighted by Crippen LogP contribution is 2.14. The molecule has 0 aromatic carbocycles. The Hall–Kier alpha value is -0.830. The fraction of sp³-hybridized carbons (Fsp3) is 0.667. The summed E-state index contributed by atoms with van der Waals surface area (Å²) in [5, 5.41) is 0. The maximum absolute atomic E-state index is 5.61. The molecule has 1 rings (SSSR count). The van der Waals surface area contributed by atoms with E-state index in [1.165, 1.54) is 5.69 Å². The van der Waals surface area contributed by atoms with Crippen LogP contribution in [0.5, 0.6) is 0 Å². The Morgan fingerprint density at radius 3 is 2.75 bits per heavy atom. The number of hydrogen-bond acceptors (Lipinski definition) is 2. The van der Waals surface area contributed by atoms with E-state index in [1.807, 2.05) is 6.20 Å². The van der Waals surface area contributed by atoms with Crippen molar-refractivity contribution in [2.75, 3.05) is 6.54 Å². The molecule has 1 atom stereocenters. The van der Waals surface area contributed by atoms with Crippen molar-refractivity contribution in [2.24, 2.45) is 5.73 Å². The second kappa shape index (κ2) is 4.26. The van der Waals surface area contributed by atoms with Crippen LogP contribution in [0.4, 0.5) is 0 Å². The van der Waals surface area contributed by atoms with Gasteiger partial charge in [0.1, 0.15) is 5.82 Å². The molecule has 0 saturated carbocycles. The molecule has 3 heteroatoms. The van der Waals surface area contributed by atoms with E-state index in [0.29, 0.717) is 12.5 Å². The molecule has 68 valence electrons. The third-order valence-corrected chi connectivity index (χ3v) is 2.19. The van der Waals surface area contributed by atoms with E-state index >= 15 is 0 Å². The quantitative estimate of drug-likeness (QED) is 0.712. The molecule has 0 bridgehead atoms. The summed E-state index contributed by atoms with van der Waals surface area (Å²) in [5.74, 6) is 1.43. The fourth-order valence-electron chi connectivity index (χ4n) is 1.24. The van der Waals surface area contributed by atoms with Crippen LogP contribution in [0, 0.1) is 0 Å².